The van der Waals surface area contributed by atoms with Crippen molar-refractivity contribution in [3.8, 4) is 11.8 Å². The predicted octanol–water partition coefficient (Wildman–Crippen LogP) is 3.84. The quantitative estimate of drug-likeness (QED) is 0.0951. The number of rotatable bonds is 3. The zero-order valence-corrected chi connectivity index (χ0v) is 33.1. The molecule has 0 aromatic heterocycles. The van der Waals surface area contributed by atoms with E-state index in [1.807, 2.05) is 54.6 Å². The van der Waals surface area contributed by atoms with Crippen LogP contribution in [0.5, 0.6) is 0 Å². The smallest absolute Gasteiger partial charge is 0.545 e. The summed E-state index contributed by atoms with van der Waals surface area (Å²) in [6.45, 7) is 51.5. The maximum atomic E-state index is 7.75. The molecule has 17 heteroatoms. The monoisotopic (exact) mass is 1060 g/mol. The molecule has 0 saturated heterocycles. The normalized spacial score (nSPS) is 5.61. The van der Waals surface area contributed by atoms with Crippen molar-refractivity contribution in [3.63, 3.8) is 0 Å². The molecule has 3 rings (SSSR count). The minimum Gasteiger partial charge on any atom is -0.545 e. The summed E-state index contributed by atoms with van der Waals surface area (Å²) in [7, 11) is 0.505. The second-order valence-corrected chi connectivity index (χ2v) is 6.30. The van der Waals surface area contributed by atoms with Crippen LogP contribution >= 0.6 is 8.58 Å². The summed E-state index contributed by atoms with van der Waals surface area (Å²) < 4.78 is 75.0. The standard InChI is InChI=1S/C22H16P.2CHO.10CO.4Ru/c1-4-10-19(11-5-1)16-17-22(18-20-12-6-2-7-13-20)23-21-14-8-3-9-15-21;12*1-2;;;;/h1-15,23H;2*1H;;;;;;;;;;;;;;/q3*-1;;;;;;;;;;;;;+1;+2. The molecule has 263 valence electrons. The minimum absolute atomic E-state index is 0. The largest absolute Gasteiger partial charge is 2.00 e. The molecule has 0 aliphatic rings. The van der Waals surface area contributed by atoms with Gasteiger partial charge < -0.3 is 9.59 Å². The van der Waals surface area contributed by atoms with Crippen LogP contribution in [-0.2, 0) is 134 Å². The Morgan fingerprint density at radius 1 is 0.490 bits per heavy atom. The summed E-state index contributed by atoms with van der Waals surface area (Å²) >= 11 is 0. The Labute approximate surface area is 350 Å². The molecule has 0 amide bonds. The van der Waals surface area contributed by atoms with E-state index in [-0.39, 0.29) is 77.9 Å². The molecule has 51 heavy (non-hydrogen) atoms. The fourth-order valence-electron chi connectivity index (χ4n) is 2.08. The molecule has 1 unspecified atom stereocenters. The Hall–Kier alpha value is -3.38. The predicted molar refractivity (Wildman–Crippen MR) is 153 cm³/mol. The van der Waals surface area contributed by atoms with E-state index < -0.39 is 0 Å². The maximum Gasteiger partial charge on any atom is 2.00 e. The number of carbonyl (C=O) groups excluding carboxylic acids is 2. The molecule has 0 aliphatic heterocycles. The summed E-state index contributed by atoms with van der Waals surface area (Å²) in [4.78, 5) is 15.5. The number of hydrogen-bond acceptors (Lipinski definition) is 2. The van der Waals surface area contributed by atoms with Crippen molar-refractivity contribution in [1.29, 1.82) is 0 Å². The second kappa shape index (κ2) is 127. The van der Waals surface area contributed by atoms with Gasteiger partial charge in [0.05, 0.1) is 0 Å². The zero-order valence-electron chi connectivity index (χ0n) is 25.1. The Morgan fingerprint density at radius 3 is 1.04 bits per heavy atom. The van der Waals surface area contributed by atoms with Crippen molar-refractivity contribution in [2.24, 2.45) is 0 Å². The number of allylic oxidation sites excluding steroid dienone is 1. The average molecular weight is 1050 g/mol. The molecule has 1 radical (unpaired) electrons. The molecule has 0 saturated carbocycles. The first kappa shape index (κ1) is 91.6. The molecular weight excluding hydrogens is 1040 g/mol. The van der Waals surface area contributed by atoms with Crippen molar-refractivity contribution in [3.05, 3.63) is 180 Å². The van der Waals surface area contributed by atoms with E-state index in [0.29, 0.717) is 8.58 Å². The van der Waals surface area contributed by atoms with Crippen molar-refractivity contribution in [1.82, 2.24) is 0 Å². The van der Waals surface area contributed by atoms with Gasteiger partial charge in [0.2, 0.25) is 0 Å². The molecular formula is C34H18O12PRu4. The van der Waals surface area contributed by atoms with E-state index in [1.54, 1.807) is 0 Å². The van der Waals surface area contributed by atoms with Crippen LogP contribution in [0.25, 0.3) is 0 Å². The van der Waals surface area contributed by atoms with Gasteiger partial charge in [0.25, 0.3) is 0 Å². The van der Waals surface area contributed by atoms with Crippen LogP contribution in [0.3, 0.4) is 0 Å². The van der Waals surface area contributed by atoms with E-state index >= 15 is 0 Å². The SMILES string of the molecule is C(#Cc1ccccc1)C(=[C-]c1ccccc1)Pc1ccccc1.[C-]#[O+].[C-]#[O+].[C-]#[O+].[C-]#[O+].[C-]#[O+].[C-]#[O+].[C-]#[O+].[C-]#[O+].[C-]#[O+].[C-]#[O+].[CH-]=O.[CH-]=O.[Ru+2].[Ru+].[Ru].[Ru]. The third-order valence-corrected chi connectivity index (χ3v) is 4.31. The van der Waals surface area contributed by atoms with Crippen molar-refractivity contribution >= 4 is 27.5 Å². The van der Waals surface area contributed by atoms with Crippen LogP contribution in [0.2, 0.25) is 0 Å². The molecule has 3 aromatic rings. The van der Waals surface area contributed by atoms with Crippen LogP contribution in [0, 0.1) is 84.4 Å². The zero-order chi connectivity index (χ0) is 39.7. The second-order valence-electron chi connectivity index (χ2n) is 4.97. The van der Waals surface area contributed by atoms with E-state index in [0.717, 1.165) is 16.4 Å². The van der Waals surface area contributed by atoms with Crippen LogP contribution in [0.4, 0.5) is 0 Å². The van der Waals surface area contributed by atoms with Gasteiger partial charge in [-0.3, -0.25) is 13.6 Å². The molecule has 0 fully saturated rings. The van der Waals surface area contributed by atoms with Crippen LogP contribution in [0.1, 0.15) is 11.1 Å². The van der Waals surface area contributed by atoms with Gasteiger partial charge >= 0.3 is 152 Å². The number of benzene rings is 3. The molecule has 0 N–H and O–H groups in total. The molecule has 0 heterocycles. The fourth-order valence-corrected chi connectivity index (χ4v) is 3.06. The summed E-state index contributed by atoms with van der Waals surface area (Å²) in [5.74, 6) is 6.54. The Kier molecular flexibility index (Phi) is 228. The van der Waals surface area contributed by atoms with Gasteiger partial charge in [-0.15, -0.1) is 41.8 Å². The fraction of sp³-hybridized carbons (Fsp3) is 0. The molecule has 3 aromatic carbocycles. The Balaban J connectivity index is -0.0000000351. The van der Waals surface area contributed by atoms with E-state index in [4.69, 9.17) is 56.1 Å². The first-order chi connectivity index (χ1) is 23.4. The van der Waals surface area contributed by atoms with E-state index in [1.165, 1.54) is 5.30 Å². The third kappa shape index (κ3) is 82.1. The Morgan fingerprint density at radius 2 is 0.745 bits per heavy atom. The topological polar surface area (TPSA) is 233 Å². The van der Waals surface area contributed by atoms with Crippen molar-refractivity contribution in [2.75, 3.05) is 0 Å². The van der Waals surface area contributed by atoms with Gasteiger partial charge in [-0.1, -0.05) is 68.5 Å². The first-order valence-corrected chi connectivity index (χ1v) is 11.0. The van der Waals surface area contributed by atoms with Crippen molar-refractivity contribution < 1.29 is 134 Å². The first-order valence-electron chi connectivity index (χ1n) is 9.99. The van der Waals surface area contributed by atoms with E-state index in [2.05, 4.69) is 134 Å². The van der Waals surface area contributed by atoms with Crippen LogP contribution < -0.4 is 5.30 Å². The van der Waals surface area contributed by atoms with Gasteiger partial charge in [0.1, 0.15) is 0 Å². The average Bonchev–Trinajstić information content (AvgIpc) is 3.24. The summed E-state index contributed by atoms with van der Waals surface area (Å²) in [5, 5.41) is 2.29. The van der Waals surface area contributed by atoms with E-state index in [9.17, 15) is 0 Å². The van der Waals surface area contributed by atoms with Gasteiger partial charge in [-0.2, -0.15) is 5.92 Å². The molecule has 0 bridgehead atoms. The summed E-state index contributed by atoms with van der Waals surface area (Å²) in [6, 6.07) is 30.7. The molecule has 0 spiro atoms. The number of hydrogen-bond donors (Lipinski definition) is 0. The summed E-state index contributed by atoms with van der Waals surface area (Å²) in [6.07, 6.45) is 3.45. The van der Waals surface area contributed by atoms with Gasteiger partial charge in [-0.25, -0.2) is 0 Å². The minimum atomic E-state index is 0. The van der Waals surface area contributed by atoms with Gasteiger partial charge in [0.15, 0.2) is 0 Å². The third-order valence-electron chi connectivity index (χ3n) is 3.19. The maximum absolute atomic E-state index is 7.75. The van der Waals surface area contributed by atoms with Crippen molar-refractivity contribution in [2.45, 2.75) is 0 Å². The molecule has 12 nitrogen and oxygen atoms in total. The van der Waals surface area contributed by atoms with Crippen LogP contribution in [0.15, 0.2) is 96.3 Å². The van der Waals surface area contributed by atoms with Gasteiger partial charge in [-0.05, 0) is 17.4 Å². The van der Waals surface area contributed by atoms with Crippen LogP contribution in [-0.4, -0.2) is 13.6 Å². The molecule has 0 aliphatic carbocycles. The summed E-state index contributed by atoms with van der Waals surface area (Å²) in [5.41, 5.74) is 2.09. The Bertz CT molecular complexity index is 1240. The van der Waals surface area contributed by atoms with Gasteiger partial charge in [0, 0.05) is 44.5 Å². The molecule has 1 atom stereocenters.